The maximum absolute atomic E-state index is 12.4. The van der Waals surface area contributed by atoms with Crippen LogP contribution in [0.1, 0.15) is 6.42 Å². The number of carbonyl (C=O) groups excluding carboxylic acids is 1. The summed E-state index contributed by atoms with van der Waals surface area (Å²) in [5, 5.41) is 4.76. The van der Waals surface area contributed by atoms with E-state index in [-0.39, 0.29) is 12.5 Å². The first kappa shape index (κ1) is 16.6. The molecule has 0 bridgehead atoms. The highest BCUT2D eigenvalue weighted by Crippen LogP contribution is 2.20. The van der Waals surface area contributed by atoms with Crippen LogP contribution in [0.15, 0.2) is 29.7 Å². The molecule has 128 valence electrons. The van der Waals surface area contributed by atoms with Gasteiger partial charge in [0.1, 0.15) is 18.2 Å². The number of nitrogens with two attached hydrogens (primary N) is 1. The van der Waals surface area contributed by atoms with Gasteiger partial charge >= 0.3 is 0 Å². The van der Waals surface area contributed by atoms with E-state index in [9.17, 15) is 4.79 Å². The van der Waals surface area contributed by atoms with Crippen molar-refractivity contribution in [2.75, 3.05) is 43.1 Å². The van der Waals surface area contributed by atoms with Crippen molar-refractivity contribution < 1.29 is 4.79 Å². The highest BCUT2D eigenvalue weighted by molar-refractivity contribution is 7.98. The molecule has 1 fully saturated rings. The normalized spacial score (nSPS) is 15.4. The molecule has 0 spiro atoms. The molecule has 24 heavy (non-hydrogen) atoms. The summed E-state index contributed by atoms with van der Waals surface area (Å²) in [5.74, 6) is 1.39. The number of amides is 1. The van der Waals surface area contributed by atoms with Crippen LogP contribution in [0.25, 0.3) is 0 Å². The molecule has 3 heterocycles. The number of rotatable bonds is 4. The summed E-state index contributed by atoms with van der Waals surface area (Å²) < 4.78 is 1.65. The lowest BCUT2D eigenvalue weighted by atomic mass is 10.3. The van der Waals surface area contributed by atoms with Crippen LogP contribution in [0, 0.1) is 0 Å². The summed E-state index contributed by atoms with van der Waals surface area (Å²) in [6.07, 6.45) is 6.30. The van der Waals surface area contributed by atoms with Crippen LogP contribution in [0.5, 0.6) is 0 Å². The summed E-state index contributed by atoms with van der Waals surface area (Å²) in [5.41, 5.74) is 5.87. The van der Waals surface area contributed by atoms with Gasteiger partial charge in [-0.05, 0) is 18.7 Å². The second-order valence-corrected chi connectivity index (χ2v) is 6.34. The number of nitrogens with zero attached hydrogens (tertiary/aromatic N) is 6. The molecular weight excluding hydrogens is 326 g/mol. The van der Waals surface area contributed by atoms with E-state index >= 15 is 0 Å². The minimum absolute atomic E-state index is 0.0903. The Morgan fingerprint density at radius 3 is 2.92 bits per heavy atom. The fourth-order valence-corrected chi connectivity index (χ4v) is 3.09. The maximum atomic E-state index is 12.4. The molecular formula is C15H21N7OS. The molecule has 0 unspecified atom stereocenters. The van der Waals surface area contributed by atoms with Gasteiger partial charge in [0.25, 0.3) is 0 Å². The van der Waals surface area contributed by atoms with E-state index in [0.717, 1.165) is 31.9 Å². The number of hydrogen-bond donors (Lipinski definition) is 1. The monoisotopic (exact) mass is 347 g/mol. The maximum Gasteiger partial charge on any atom is 0.244 e. The number of hydrogen-bond acceptors (Lipinski definition) is 7. The number of carbonyl (C=O) groups is 1. The zero-order valence-corrected chi connectivity index (χ0v) is 14.4. The highest BCUT2D eigenvalue weighted by Gasteiger charge is 2.20. The molecule has 0 saturated carbocycles. The van der Waals surface area contributed by atoms with Crippen molar-refractivity contribution in [2.45, 2.75) is 18.1 Å². The fourth-order valence-electron chi connectivity index (χ4n) is 2.71. The van der Waals surface area contributed by atoms with Gasteiger partial charge in [0.15, 0.2) is 5.16 Å². The number of thioether (sulfide) groups is 1. The van der Waals surface area contributed by atoms with E-state index < -0.39 is 0 Å². The van der Waals surface area contributed by atoms with E-state index in [4.69, 9.17) is 5.73 Å². The van der Waals surface area contributed by atoms with E-state index in [1.807, 2.05) is 17.2 Å². The minimum Gasteiger partial charge on any atom is -0.383 e. The first-order chi connectivity index (χ1) is 11.7. The molecule has 0 aromatic carbocycles. The largest absolute Gasteiger partial charge is 0.383 e. The molecule has 0 atom stereocenters. The summed E-state index contributed by atoms with van der Waals surface area (Å²) >= 11 is 1.47. The molecule has 1 aliphatic heterocycles. The SMILES string of the molecule is CSc1nc(N)cc(N2CCCN(C(=O)Cn3cccn3)CC2)n1. The molecule has 0 radical (unpaired) electrons. The lowest BCUT2D eigenvalue weighted by Gasteiger charge is -2.23. The van der Waals surface area contributed by atoms with Crippen molar-refractivity contribution in [1.29, 1.82) is 0 Å². The van der Waals surface area contributed by atoms with Gasteiger partial charge in [-0.1, -0.05) is 11.8 Å². The van der Waals surface area contributed by atoms with E-state index in [1.165, 1.54) is 11.8 Å². The zero-order chi connectivity index (χ0) is 16.9. The number of aromatic nitrogens is 4. The average Bonchev–Trinajstić information content (AvgIpc) is 2.95. The van der Waals surface area contributed by atoms with E-state index in [0.29, 0.717) is 17.5 Å². The molecule has 3 rings (SSSR count). The Hall–Kier alpha value is -2.29. The molecule has 1 amide bonds. The van der Waals surface area contributed by atoms with Crippen LogP contribution in [-0.4, -0.2) is 63.0 Å². The lowest BCUT2D eigenvalue weighted by Crippen LogP contribution is -2.37. The Morgan fingerprint density at radius 2 is 2.17 bits per heavy atom. The molecule has 1 aliphatic rings. The molecule has 0 aliphatic carbocycles. The van der Waals surface area contributed by atoms with Gasteiger partial charge in [-0.15, -0.1) is 0 Å². The third-order valence-electron chi connectivity index (χ3n) is 3.92. The second kappa shape index (κ2) is 7.52. The van der Waals surface area contributed by atoms with Gasteiger partial charge < -0.3 is 15.5 Å². The predicted octanol–water partition coefficient (Wildman–Crippen LogP) is 0.716. The predicted molar refractivity (Wildman–Crippen MR) is 93.9 cm³/mol. The van der Waals surface area contributed by atoms with Crippen molar-refractivity contribution in [3.05, 3.63) is 24.5 Å². The van der Waals surface area contributed by atoms with Gasteiger partial charge in [0.2, 0.25) is 5.91 Å². The summed E-state index contributed by atoms with van der Waals surface area (Å²) in [6, 6.07) is 3.61. The quantitative estimate of drug-likeness (QED) is 0.643. The smallest absolute Gasteiger partial charge is 0.244 e. The molecule has 1 saturated heterocycles. The Bertz CT molecular complexity index is 691. The van der Waals surface area contributed by atoms with Crippen LogP contribution in [0.3, 0.4) is 0 Å². The van der Waals surface area contributed by atoms with Crippen molar-refractivity contribution in [3.63, 3.8) is 0 Å². The number of anilines is 2. The fraction of sp³-hybridized carbons (Fsp3) is 0.467. The molecule has 8 nitrogen and oxygen atoms in total. The van der Waals surface area contributed by atoms with Gasteiger partial charge in [-0.2, -0.15) is 5.10 Å². The van der Waals surface area contributed by atoms with E-state index in [1.54, 1.807) is 23.1 Å². The van der Waals surface area contributed by atoms with Crippen molar-refractivity contribution in [1.82, 2.24) is 24.6 Å². The van der Waals surface area contributed by atoms with Crippen LogP contribution in [0.4, 0.5) is 11.6 Å². The summed E-state index contributed by atoms with van der Waals surface area (Å²) in [4.78, 5) is 25.2. The molecule has 2 aromatic heterocycles. The van der Waals surface area contributed by atoms with Crippen molar-refractivity contribution in [2.24, 2.45) is 0 Å². The Labute approximate surface area is 145 Å². The molecule has 2 N–H and O–H groups in total. The lowest BCUT2D eigenvalue weighted by molar-refractivity contribution is -0.131. The highest BCUT2D eigenvalue weighted by atomic mass is 32.2. The summed E-state index contributed by atoms with van der Waals surface area (Å²) in [6.45, 7) is 3.26. The first-order valence-electron chi connectivity index (χ1n) is 7.84. The zero-order valence-electron chi connectivity index (χ0n) is 13.6. The van der Waals surface area contributed by atoms with Crippen molar-refractivity contribution in [3.8, 4) is 0 Å². The van der Waals surface area contributed by atoms with Gasteiger partial charge in [0.05, 0.1) is 0 Å². The number of nitrogen functional groups attached to an aromatic ring is 1. The molecule has 2 aromatic rings. The van der Waals surface area contributed by atoms with Gasteiger partial charge in [-0.3, -0.25) is 9.48 Å². The minimum atomic E-state index is 0.0903. The Morgan fingerprint density at radius 1 is 1.29 bits per heavy atom. The van der Waals surface area contributed by atoms with Crippen LogP contribution in [-0.2, 0) is 11.3 Å². The Kier molecular flexibility index (Phi) is 5.19. The topological polar surface area (TPSA) is 93.2 Å². The van der Waals surface area contributed by atoms with Gasteiger partial charge in [0, 0.05) is 44.6 Å². The van der Waals surface area contributed by atoms with Crippen LogP contribution >= 0.6 is 11.8 Å². The van der Waals surface area contributed by atoms with Crippen LogP contribution in [0.2, 0.25) is 0 Å². The summed E-state index contributed by atoms with van der Waals surface area (Å²) in [7, 11) is 0. The first-order valence-corrected chi connectivity index (χ1v) is 9.07. The Balaban J connectivity index is 1.64. The van der Waals surface area contributed by atoms with E-state index in [2.05, 4.69) is 20.0 Å². The van der Waals surface area contributed by atoms with Crippen LogP contribution < -0.4 is 10.6 Å². The third-order valence-corrected chi connectivity index (χ3v) is 4.47. The van der Waals surface area contributed by atoms with Crippen molar-refractivity contribution >= 4 is 29.3 Å². The second-order valence-electron chi connectivity index (χ2n) is 5.56. The van der Waals surface area contributed by atoms with Gasteiger partial charge in [-0.25, -0.2) is 9.97 Å². The average molecular weight is 347 g/mol. The third kappa shape index (κ3) is 3.97. The molecule has 9 heteroatoms. The standard InChI is InChI=1S/C15H21N7OS/c1-24-15-18-12(16)10-13(19-15)20-5-3-6-21(9-8-20)14(23)11-22-7-2-4-17-22/h2,4,7,10H,3,5-6,8-9,11H2,1H3,(H2,16,18,19).